The van der Waals surface area contributed by atoms with Crippen molar-refractivity contribution >= 4 is 23.7 Å². The average molecular weight is 432 g/mol. The maximum absolute atomic E-state index is 11.1. The van der Waals surface area contributed by atoms with Crippen LogP contribution in [0.5, 0.6) is 0 Å². The zero-order valence-electron chi connectivity index (χ0n) is 19.2. The fraction of sp³-hybridized carbons (Fsp3) is 0.680. The Balaban J connectivity index is 0.000000469. The normalized spacial score (nSPS) is 19.6. The summed E-state index contributed by atoms with van der Waals surface area (Å²) in [6, 6.07) is 8.17. The standard InChI is InChI=1S/C19H24ClN3O.C6H14/c20-19-10-17(7-6-16(19)11-21)23(12-15-4-2-1-3-5-15)18-8-9-22(13-18)14-24;1-5-6(2,3)4/h6-7,10,14-15,18H,1-5,8-9,12-13H2;5H2,1-4H3. The van der Waals surface area contributed by atoms with Crippen molar-refractivity contribution in [3.8, 4) is 6.07 Å². The summed E-state index contributed by atoms with van der Waals surface area (Å²) in [5.74, 6) is 0.707. The Morgan fingerprint density at radius 3 is 2.40 bits per heavy atom. The third-order valence-corrected chi connectivity index (χ3v) is 6.74. The minimum Gasteiger partial charge on any atom is -0.366 e. The Kier molecular flexibility index (Phi) is 9.49. The number of carbonyl (C=O) groups is 1. The van der Waals surface area contributed by atoms with Crippen molar-refractivity contribution in [2.45, 2.75) is 78.7 Å². The molecule has 0 aromatic heterocycles. The van der Waals surface area contributed by atoms with Crippen LogP contribution in [0.15, 0.2) is 18.2 Å². The van der Waals surface area contributed by atoms with Gasteiger partial charge in [0.2, 0.25) is 6.41 Å². The van der Waals surface area contributed by atoms with E-state index in [-0.39, 0.29) is 0 Å². The Bertz CT molecular complexity index is 716. The molecule has 1 aliphatic carbocycles. The lowest BCUT2D eigenvalue weighted by Crippen LogP contribution is -2.41. The molecule has 30 heavy (non-hydrogen) atoms. The summed E-state index contributed by atoms with van der Waals surface area (Å²) in [4.78, 5) is 15.4. The van der Waals surface area contributed by atoms with Crippen LogP contribution in [0.2, 0.25) is 5.02 Å². The predicted molar refractivity (Wildman–Crippen MR) is 126 cm³/mol. The maximum Gasteiger partial charge on any atom is 0.209 e. The first-order valence-corrected chi connectivity index (χ1v) is 11.8. The number of hydrogen-bond donors (Lipinski definition) is 0. The van der Waals surface area contributed by atoms with Crippen molar-refractivity contribution in [3.05, 3.63) is 28.8 Å². The van der Waals surface area contributed by atoms with E-state index in [1.54, 1.807) is 6.07 Å². The molecule has 3 rings (SSSR count). The molecule has 2 fully saturated rings. The highest BCUT2D eigenvalue weighted by Gasteiger charge is 2.29. The second-order valence-corrected chi connectivity index (χ2v) is 10.3. The third-order valence-electron chi connectivity index (χ3n) is 6.43. The van der Waals surface area contributed by atoms with E-state index in [1.165, 1.54) is 38.5 Å². The number of rotatable bonds is 5. The van der Waals surface area contributed by atoms with Crippen LogP contribution in [0.25, 0.3) is 0 Å². The minimum atomic E-state index is 0.334. The molecule has 166 valence electrons. The minimum absolute atomic E-state index is 0.334. The summed E-state index contributed by atoms with van der Waals surface area (Å²) in [5.41, 5.74) is 2.13. The fourth-order valence-corrected chi connectivity index (χ4v) is 4.22. The van der Waals surface area contributed by atoms with Crippen LogP contribution in [0.4, 0.5) is 5.69 Å². The summed E-state index contributed by atoms with van der Waals surface area (Å²) < 4.78 is 0. The van der Waals surface area contributed by atoms with E-state index in [0.717, 1.165) is 38.2 Å². The first kappa shape index (κ1) is 24.5. The second-order valence-electron chi connectivity index (χ2n) is 9.89. The smallest absolute Gasteiger partial charge is 0.209 e. The van der Waals surface area contributed by atoms with Gasteiger partial charge in [-0.15, -0.1) is 0 Å². The largest absolute Gasteiger partial charge is 0.366 e. The van der Waals surface area contributed by atoms with Crippen LogP contribution in [-0.2, 0) is 4.79 Å². The van der Waals surface area contributed by atoms with Gasteiger partial charge in [-0.05, 0) is 48.8 Å². The van der Waals surface area contributed by atoms with Crippen molar-refractivity contribution in [1.82, 2.24) is 4.90 Å². The molecule has 1 saturated carbocycles. The highest BCUT2D eigenvalue weighted by atomic mass is 35.5. The van der Waals surface area contributed by atoms with Crippen LogP contribution in [0.3, 0.4) is 0 Å². The van der Waals surface area contributed by atoms with Crippen molar-refractivity contribution < 1.29 is 4.79 Å². The van der Waals surface area contributed by atoms with Gasteiger partial charge < -0.3 is 9.80 Å². The molecular formula is C25H38ClN3O. The Labute approximate surface area is 188 Å². The molecule has 1 aliphatic heterocycles. The molecular weight excluding hydrogens is 394 g/mol. The molecule has 0 radical (unpaired) electrons. The highest BCUT2D eigenvalue weighted by molar-refractivity contribution is 6.32. The highest BCUT2D eigenvalue weighted by Crippen LogP contribution is 2.31. The molecule has 5 heteroatoms. The zero-order chi connectivity index (χ0) is 22.1. The molecule has 1 amide bonds. The Morgan fingerprint density at radius 2 is 1.90 bits per heavy atom. The van der Waals surface area contributed by atoms with E-state index in [1.807, 2.05) is 17.0 Å². The van der Waals surface area contributed by atoms with Crippen LogP contribution >= 0.6 is 11.6 Å². The van der Waals surface area contributed by atoms with Gasteiger partial charge in [0, 0.05) is 31.4 Å². The number of likely N-dealkylation sites (tertiary alicyclic amines) is 1. The molecule has 1 heterocycles. The van der Waals surface area contributed by atoms with Gasteiger partial charge in [0.1, 0.15) is 6.07 Å². The number of nitrogens with zero attached hydrogens (tertiary/aromatic N) is 3. The SMILES string of the molecule is CCC(C)(C)C.N#Cc1ccc(N(CC2CCCCC2)C2CCN(C=O)C2)cc1Cl. The molecule has 0 spiro atoms. The number of benzene rings is 1. The zero-order valence-corrected chi connectivity index (χ0v) is 19.9. The number of halogens is 1. The van der Waals surface area contributed by atoms with Crippen molar-refractivity contribution in [2.75, 3.05) is 24.5 Å². The summed E-state index contributed by atoms with van der Waals surface area (Å²) in [7, 11) is 0. The fourth-order valence-electron chi connectivity index (χ4n) is 4.00. The molecule has 1 aromatic rings. The summed E-state index contributed by atoms with van der Waals surface area (Å²) >= 11 is 6.26. The molecule has 2 aliphatic rings. The molecule has 0 N–H and O–H groups in total. The van der Waals surface area contributed by atoms with Gasteiger partial charge in [-0.2, -0.15) is 5.26 Å². The Hall–Kier alpha value is -1.73. The average Bonchev–Trinajstić information content (AvgIpc) is 3.21. The van der Waals surface area contributed by atoms with Gasteiger partial charge in [-0.3, -0.25) is 4.79 Å². The van der Waals surface area contributed by atoms with Crippen molar-refractivity contribution in [3.63, 3.8) is 0 Å². The van der Waals surface area contributed by atoms with Crippen LogP contribution in [0, 0.1) is 22.7 Å². The van der Waals surface area contributed by atoms with E-state index in [9.17, 15) is 4.79 Å². The molecule has 0 bridgehead atoms. The topological polar surface area (TPSA) is 47.3 Å². The number of anilines is 1. The van der Waals surface area contributed by atoms with Gasteiger partial charge in [0.25, 0.3) is 0 Å². The number of amides is 1. The van der Waals surface area contributed by atoms with Gasteiger partial charge in [-0.25, -0.2) is 0 Å². The van der Waals surface area contributed by atoms with Gasteiger partial charge in [-0.1, -0.05) is 65.0 Å². The molecule has 4 nitrogen and oxygen atoms in total. The lowest BCUT2D eigenvalue weighted by Gasteiger charge is -2.35. The second kappa shape index (κ2) is 11.6. The van der Waals surface area contributed by atoms with E-state index >= 15 is 0 Å². The molecule has 1 aromatic carbocycles. The molecule has 1 saturated heterocycles. The van der Waals surface area contributed by atoms with Crippen LogP contribution in [0.1, 0.15) is 78.2 Å². The summed E-state index contributed by atoms with van der Waals surface area (Å²) in [6.45, 7) is 11.5. The van der Waals surface area contributed by atoms with Gasteiger partial charge >= 0.3 is 0 Å². The first-order valence-electron chi connectivity index (χ1n) is 11.4. The summed E-state index contributed by atoms with van der Waals surface area (Å²) in [5, 5.41) is 9.60. The Morgan fingerprint density at radius 1 is 1.23 bits per heavy atom. The first-order chi connectivity index (χ1) is 14.3. The van der Waals surface area contributed by atoms with Gasteiger partial charge in [0.05, 0.1) is 10.6 Å². The van der Waals surface area contributed by atoms with E-state index in [4.69, 9.17) is 16.9 Å². The number of hydrogen-bond acceptors (Lipinski definition) is 3. The molecule has 1 unspecified atom stereocenters. The van der Waals surface area contributed by atoms with Crippen molar-refractivity contribution in [1.29, 1.82) is 5.26 Å². The monoisotopic (exact) mass is 431 g/mol. The third kappa shape index (κ3) is 7.51. The van der Waals surface area contributed by atoms with Crippen molar-refractivity contribution in [2.24, 2.45) is 11.3 Å². The van der Waals surface area contributed by atoms with E-state index in [2.05, 4.69) is 38.7 Å². The number of carbonyl (C=O) groups excluding carboxylic acids is 1. The quantitative estimate of drug-likeness (QED) is 0.516. The van der Waals surface area contributed by atoms with Crippen LogP contribution in [-0.4, -0.2) is 37.0 Å². The lowest BCUT2D eigenvalue weighted by atomic mass is 9.88. The maximum atomic E-state index is 11.1. The van der Waals surface area contributed by atoms with E-state index < -0.39 is 0 Å². The predicted octanol–water partition coefficient (Wildman–Crippen LogP) is 6.27. The summed E-state index contributed by atoms with van der Waals surface area (Å²) in [6.07, 6.45) is 9.76. The number of nitriles is 1. The van der Waals surface area contributed by atoms with Gasteiger partial charge in [0.15, 0.2) is 0 Å². The lowest BCUT2D eigenvalue weighted by molar-refractivity contribution is -0.117. The molecule has 1 atom stereocenters. The van der Waals surface area contributed by atoms with Crippen LogP contribution < -0.4 is 4.90 Å². The van der Waals surface area contributed by atoms with E-state index in [0.29, 0.717) is 28.0 Å².